The molecule has 0 radical (unpaired) electrons. The molecule has 8 heteroatoms. The molecule has 2 N–H and O–H groups in total. The van der Waals surface area contributed by atoms with Crippen molar-refractivity contribution in [3.63, 3.8) is 0 Å². The van der Waals surface area contributed by atoms with Crippen LogP contribution in [-0.4, -0.2) is 42.2 Å². The summed E-state index contributed by atoms with van der Waals surface area (Å²) in [6.45, 7) is 1.97. The first-order valence-electron chi connectivity index (χ1n) is 11.9. The van der Waals surface area contributed by atoms with Crippen LogP contribution < -0.4 is 24.8 Å². The number of anilines is 1. The molecule has 2 aliphatic rings. The summed E-state index contributed by atoms with van der Waals surface area (Å²) in [6, 6.07) is 11.9. The highest BCUT2D eigenvalue weighted by Gasteiger charge is 2.25. The van der Waals surface area contributed by atoms with Crippen LogP contribution in [0.5, 0.6) is 17.4 Å². The highest BCUT2D eigenvalue weighted by molar-refractivity contribution is 6.00. The van der Waals surface area contributed by atoms with E-state index in [-0.39, 0.29) is 11.8 Å². The number of hydrogen-bond donors (Lipinski definition) is 2. The Balaban J connectivity index is 1.17. The third kappa shape index (κ3) is 5.07. The Bertz CT molecular complexity index is 1170. The van der Waals surface area contributed by atoms with Gasteiger partial charge in [0.1, 0.15) is 18.7 Å². The first-order chi connectivity index (χ1) is 16.7. The minimum Gasteiger partial charge on any atom is -0.486 e. The molecule has 1 fully saturated rings. The third-order valence-electron chi connectivity index (χ3n) is 6.57. The van der Waals surface area contributed by atoms with E-state index in [1.54, 1.807) is 25.4 Å². The molecule has 3 aromatic rings. The van der Waals surface area contributed by atoms with Gasteiger partial charge in [-0.25, -0.2) is 4.98 Å². The second-order valence-corrected chi connectivity index (χ2v) is 8.83. The number of aromatic nitrogens is 2. The van der Waals surface area contributed by atoms with Gasteiger partial charge < -0.3 is 24.8 Å². The largest absolute Gasteiger partial charge is 0.486 e. The van der Waals surface area contributed by atoms with Crippen LogP contribution >= 0.6 is 0 Å². The highest BCUT2D eigenvalue weighted by atomic mass is 16.6. The van der Waals surface area contributed by atoms with E-state index in [1.165, 1.54) is 5.56 Å². The first kappa shape index (κ1) is 22.4. The number of carbonyl (C=O) groups excluding carboxylic acids is 1. The fourth-order valence-corrected chi connectivity index (χ4v) is 4.68. The zero-order valence-electron chi connectivity index (χ0n) is 19.4. The zero-order valence-corrected chi connectivity index (χ0v) is 19.4. The maximum Gasteiger partial charge on any atom is 0.227 e. The van der Waals surface area contributed by atoms with Crippen molar-refractivity contribution in [2.75, 3.05) is 25.6 Å². The average Bonchev–Trinajstić information content (AvgIpc) is 3.13. The zero-order chi connectivity index (χ0) is 23.3. The minimum atomic E-state index is -0.0186. The van der Waals surface area contributed by atoms with E-state index in [0.717, 1.165) is 55.7 Å². The SMILES string of the molecule is COc1ccc2nccc(NC(=O)C3CCC[C@H](NCc4ccc5c(c4)OCCO5)CC3)c2n1. The lowest BCUT2D eigenvalue weighted by Gasteiger charge is -2.20. The predicted molar refractivity (Wildman–Crippen MR) is 129 cm³/mol. The molecule has 2 atom stereocenters. The molecule has 5 rings (SSSR count). The molecule has 3 heterocycles. The quantitative estimate of drug-likeness (QED) is 0.533. The van der Waals surface area contributed by atoms with Crippen molar-refractivity contribution >= 4 is 22.6 Å². The van der Waals surface area contributed by atoms with Gasteiger partial charge in [-0.3, -0.25) is 9.78 Å². The Kier molecular flexibility index (Phi) is 6.76. The number of rotatable bonds is 6. The smallest absolute Gasteiger partial charge is 0.227 e. The summed E-state index contributed by atoms with van der Waals surface area (Å²) in [6.07, 6.45) is 6.46. The van der Waals surface area contributed by atoms with Crippen molar-refractivity contribution in [1.29, 1.82) is 0 Å². The number of amides is 1. The summed E-state index contributed by atoms with van der Waals surface area (Å²) < 4.78 is 16.5. The van der Waals surface area contributed by atoms with E-state index in [2.05, 4.69) is 32.7 Å². The van der Waals surface area contributed by atoms with Crippen LogP contribution in [0.25, 0.3) is 11.0 Å². The number of carbonyl (C=O) groups is 1. The van der Waals surface area contributed by atoms with Crippen molar-refractivity contribution in [3.8, 4) is 17.4 Å². The van der Waals surface area contributed by atoms with E-state index in [1.807, 2.05) is 12.1 Å². The summed E-state index contributed by atoms with van der Waals surface area (Å²) in [5.41, 5.74) is 3.22. The van der Waals surface area contributed by atoms with Crippen molar-refractivity contribution in [2.45, 2.75) is 44.7 Å². The lowest BCUT2D eigenvalue weighted by atomic mass is 9.99. The molecular formula is C26H30N4O4. The van der Waals surface area contributed by atoms with Crippen LogP contribution in [0.2, 0.25) is 0 Å². The van der Waals surface area contributed by atoms with Gasteiger partial charge in [-0.05, 0) is 55.5 Å². The normalized spacial score (nSPS) is 19.9. The number of ether oxygens (including phenoxy) is 3. The van der Waals surface area contributed by atoms with E-state index in [0.29, 0.717) is 36.3 Å². The maximum atomic E-state index is 13.1. The second-order valence-electron chi connectivity index (χ2n) is 8.83. The minimum absolute atomic E-state index is 0.0186. The Labute approximate surface area is 199 Å². The number of nitrogens with one attached hydrogen (secondary N) is 2. The fraction of sp³-hybridized carbons (Fsp3) is 0.423. The Morgan fingerprint density at radius 1 is 1.06 bits per heavy atom. The molecule has 0 spiro atoms. The number of fused-ring (bicyclic) bond motifs is 2. The van der Waals surface area contributed by atoms with Crippen LogP contribution in [0.4, 0.5) is 5.69 Å². The monoisotopic (exact) mass is 462 g/mol. The lowest BCUT2D eigenvalue weighted by molar-refractivity contribution is -0.120. The van der Waals surface area contributed by atoms with Crippen LogP contribution in [0.15, 0.2) is 42.6 Å². The molecule has 1 amide bonds. The Morgan fingerprint density at radius 2 is 1.94 bits per heavy atom. The molecule has 1 aromatic carbocycles. The summed E-state index contributed by atoms with van der Waals surface area (Å²) in [7, 11) is 1.58. The molecule has 1 aliphatic carbocycles. The van der Waals surface area contributed by atoms with E-state index < -0.39 is 0 Å². The van der Waals surface area contributed by atoms with E-state index in [4.69, 9.17) is 14.2 Å². The molecule has 34 heavy (non-hydrogen) atoms. The van der Waals surface area contributed by atoms with Crippen molar-refractivity contribution in [1.82, 2.24) is 15.3 Å². The van der Waals surface area contributed by atoms with Crippen LogP contribution in [-0.2, 0) is 11.3 Å². The molecular weight excluding hydrogens is 432 g/mol. The second kappa shape index (κ2) is 10.3. The molecule has 2 aromatic heterocycles. The molecule has 178 valence electrons. The third-order valence-corrected chi connectivity index (χ3v) is 6.57. The summed E-state index contributed by atoms with van der Waals surface area (Å²) in [5, 5.41) is 6.76. The topological polar surface area (TPSA) is 94.6 Å². The van der Waals surface area contributed by atoms with Gasteiger partial charge in [0, 0.05) is 30.8 Å². The van der Waals surface area contributed by atoms with Crippen LogP contribution in [0.3, 0.4) is 0 Å². The highest BCUT2D eigenvalue weighted by Crippen LogP contribution is 2.31. The summed E-state index contributed by atoms with van der Waals surface area (Å²) >= 11 is 0. The molecule has 1 saturated carbocycles. The molecule has 0 saturated heterocycles. The molecule has 1 aliphatic heterocycles. The molecule has 8 nitrogen and oxygen atoms in total. The van der Waals surface area contributed by atoms with E-state index in [9.17, 15) is 4.79 Å². The summed E-state index contributed by atoms with van der Waals surface area (Å²) in [4.78, 5) is 21.9. The standard InChI is InChI=1S/C26H30N4O4/c1-32-24-10-8-20-25(30-24)21(11-12-27-20)29-26(31)18-3-2-4-19(7-6-18)28-16-17-5-9-22-23(15-17)34-14-13-33-22/h5,8-12,15,18-19,28H,2-4,6-7,13-14,16H2,1H3,(H,27,29,31)/t18?,19-/m0/s1. The van der Waals surface area contributed by atoms with Gasteiger partial charge in [-0.1, -0.05) is 12.5 Å². The Morgan fingerprint density at radius 3 is 2.82 bits per heavy atom. The lowest BCUT2D eigenvalue weighted by Crippen LogP contribution is -2.28. The van der Waals surface area contributed by atoms with Gasteiger partial charge in [0.25, 0.3) is 0 Å². The maximum absolute atomic E-state index is 13.1. The van der Waals surface area contributed by atoms with Gasteiger partial charge in [-0.2, -0.15) is 0 Å². The first-order valence-corrected chi connectivity index (χ1v) is 11.9. The van der Waals surface area contributed by atoms with Crippen LogP contribution in [0.1, 0.15) is 37.7 Å². The number of pyridine rings is 2. The number of hydrogen-bond acceptors (Lipinski definition) is 7. The van der Waals surface area contributed by atoms with Crippen LogP contribution in [0, 0.1) is 5.92 Å². The number of methoxy groups -OCH3 is 1. The predicted octanol–water partition coefficient (Wildman–Crippen LogP) is 4.09. The van der Waals surface area contributed by atoms with Crippen molar-refractivity contribution in [2.24, 2.45) is 5.92 Å². The number of nitrogens with zero attached hydrogens (tertiary/aromatic N) is 2. The summed E-state index contributed by atoms with van der Waals surface area (Å²) in [5.74, 6) is 2.16. The van der Waals surface area contributed by atoms with Gasteiger partial charge in [-0.15, -0.1) is 0 Å². The molecule has 0 bridgehead atoms. The van der Waals surface area contributed by atoms with Gasteiger partial charge in [0.15, 0.2) is 11.5 Å². The molecule has 1 unspecified atom stereocenters. The van der Waals surface area contributed by atoms with Gasteiger partial charge in [0.05, 0.1) is 18.3 Å². The average molecular weight is 463 g/mol. The van der Waals surface area contributed by atoms with Crippen molar-refractivity contribution < 1.29 is 19.0 Å². The van der Waals surface area contributed by atoms with Gasteiger partial charge >= 0.3 is 0 Å². The van der Waals surface area contributed by atoms with Gasteiger partial charge in [0.2, 0.25) is 11.8 Å². The fourth-order valence-electron chi connectivity index (χ4n) is 4.68. The van der Waals surface area contributed by atoms with Crippen molar-refractivity contribution in [3.05, 3.63) is 48.2 Å². The van der Waals surface area contributed by atoms with E-state index >= 15 is 0 Å². The number of benzene rings is 1. The Hall–Kier alpha value is -3.39.